The van der Waals surface area contributed by atoms with E-state index < -0.39 is 16.6 Å². The second-order valence-corrected chi connectivity index (χ2v) is 22.3. The van der Waals surface area contributed by atoms with Crippen LogP contribution >= 0.6 is 11.6 Å². The van der Waals surface area contributed by atoms with E-state index in [4.69, 9.17) is 31.9 Å². The first-order valence-corrected chi connectivity index (χ1v) is 17.8. The molecule has 9 heteroatoms. The van der Waals surface area contributed by atoms with Crippen molar-refractivity contribution >= 4 is 45.4 Å². The second-order valence-electron chi connectivity index (χ2n) is 12.3. The van der Waals surface area contributed by atoms with Gasteiger partial charge in [0.2, 0.25) is 0 Å². The molecule has 1 fully saturated rings. The topological polar surface area (TPSA) is 95.4 Å². The minimum Gasteiger partial charge on any atom is -0.416 e. The van der Waals surface area contributed by atoms with E-state index >= 15 is 0 Å². The third kappa shape index (κ3) is 6.20. The molecule has 0 amide bonds. The molecule has 1 aromatic rings. The largest absolute Gasteiger partial charge is 0.416 e. The van der Waals surface area contributed by atoms with Gasteiger partial charge in [-0.2, -0.15) is 0 Å². The molecule has 0 unspecified atom stereocenters. The maximum absolute atomic E-state index is 6.91. The summed E-state index contributed by atoms with van der Waals surface area (Å²) in [6.07, 6.45) is 3.51. The molecule has 184 valence electrons. The first-order chi connectivity index (χ1) is 14.4. The number of hydrogen-bond acceptors (Lipinski definition) is 6. The van der Waals surface area contributed by atoms with Crippen molar-refractivity contribution in [2.75, 3.05) is 23.4 Å². The molecule has 1 saturated carbocycles. The molecule has 0 radical (unpaired) electrons. The monoisotopic (exact) mass is 500 g/mol. The Morgan fingerprint density at radius 1 is 1.03 bits per heavy atom. The Kier molecular flexibility index (Phi) is 8.10. The predicted octanol–water partition coefficient (Wildman–Crippen LogP) is 6.50. The summed E-state index contributed by atoms with van der Waals surface area (Å²) in [5.41, 5.74) is 13.2. The molecule has 3 atom stereocenters. The molecule has 1 heterocycles. The van der Waals surface area contributed by atoms with Crippen molar-refractivity contribution < 1.29 is 8.85 Å². The summed E-state index contributed by atoms with van der Waals surface area (Å²) in [5.74, 6) is 0.608. The smallest absolute Gasteiger partial charge is 0.192 e. The summed E-state index contributed by atoms with van der Waals surface area (Å²) >= 11 is 6.39. The predicted molar refractivity (Wildman–Crippen MR) is 143 cm³/mol. The number of nitrogens with zero attached hydrogens (tertiary/aromatic N) is 1. The van der Waals surface area contributed by atoms with Gasteiger partial charge in [0.05, 0.1) is 28.7 Å². The van der Waals surface area contributed by atoms with Crippen molar-refractivity contribution in [3.05, 3.63) is 11.2 Å². The Balaban J connectivity index is 2.24. The normalized spacial score (nSPS) is 22.9. The van der Waals surface area contributed by atoms with Crippen LogP contribution in [0.5, 0.6) is 0 Å². The van der Waals surface area contributed by atoms with Crippen molar-refractivity contribution in [3.8, 4) is 0 Å². The quantitative estimate of drug-likeness (QED) is 0.369. The zero-order valence-electron chi connectivity index (χ0n) is 21.7. The number of pyridine rings is 1. The SMILES string of the molecule is CC(C)(C)[Si](C)(C)OC[C@@H]1C[C@@H](Nc2c(Cl)cnc(N)c2N)C[C@@H]1O[Si](C)(C)C(C)(C)C. The number of anilines is 3. The Morgan fingerprint density at radius 2 is 1.59 bits per heavy atom. The maximum atomic E-state index is 6.91. The highest BCUT2D eigenvalue weighted by Gasteiger charge is 2.45. The van der Waals surface area contributed by atoms with Crippen LogP contribution in [0.3, 0.4) is 0 Å². The molecule has 5 N–H and O–H groups in total. The van der Waals surface area contributed by atoms with Crippen molar-refractivity contribution in [2.24, 2.45) is 5.92 Å². The van der Waals surface area contributed by atoms with Gasteiger partial charge in [-0.3, -0.25) is 0 Å². The lowest BCUT2D eigenvalue weighted by Gasteiger charge is -2.41. The van der Waals surface area contributed by atoms with Gasteiger partial charge in [-0.05, 0) is 49.1 Å². The van der Waals surface area contributed by atoms with Gasteiger partial charge in [0.15, 0.2) is 16.6 Å². The number of rotatable bonds is 7. The molecule has 32 heavy (non-hydrogen) atoms. The van der Waals surface area contributed by atoms with E-state index in [9.17, 15) is 0 Å². The summed E-state index contributed by atoms with van der Waals surface area (Å²) in [5, 5.41) is 4.36. The van der Waals surface area contributed by atoms with Crippen molar-refractivity contribution in [2.45, 2.75) is 103 Å². The minimum atomic E-state index is -1.93. The zero-order valence-corrected chi connectivity index (χ0v) is 24.5. The Morgan fingerprint density at radius 3 is 2.12 bits per heavy atom. The van der Waals surface area contributed by atoms with Crippen LogP contribution in [0.15, 0.2) is 6.20 Å². The van der Waals surface area contributed by atoms with Crippen LogP contribution in [0.1, 0.15) is 54.4 Å². The molecular formula is C23H45ClN4O2Si2. The molecule has 0 aliphatic heterocycles. The number of halogens is 1. The van der Waals surface area contributed by atoms with E-state index in [2.05, 4.69) is 78.0 Å². The van der Waals surface area contributed by atoms with Crippen LogP contribution in [-0.2, 0) is 8.85 Å². The molecule has 0 aromatic carbocycles. The van der Waals surface area contributed by atoms with E-state index in [1.807, 2.05) is 0 Å². The molecule has 2 rings (SSSR count). The fourth-order valence-electron chi connectivity index (χ4n) is 3.48. The number of hydrogen-bond donors (Lipinski definition) is 3. The Bertz CT molecular complexity index is 806. The summed E-state index contributed by atoms with van der Waals surface area (Å²) in [7, 11) is -3.78. The third-order valence-corrected chi connectivity index (χ3v) is 17.1. The molecule has 1 aliphatic carbocycles. The molecule has 6 nitrogen and oxygen atoms in total. The number of nitrogen functional groups attached to an aromatic ring is 2. The first kappa shape index (κ1) is 27.4. The average Bonchev–Trinajstić information content (AvgIpc) is 2.99. The molecule has 1 aliphatic rings. The van der Waals surface area contributed by atoms with Crippen molar-refractivity contribution in [3.63, 3.8) is 0 Å². The zero-order chi connectivity index (χ0) is 24.7. The number of aromatic nitrogens is 1. The average molecular weight is 501 g/mol. The van der Waals surface area contributed by atoms with Crippen molar-refractivity contribution in [1.82, 2.24) is 4.98 Å². The van der Waals surface area contributed by atoms with Crippen LogP contribution < -0.4 is 16.8 Å². The van der Waals surface area contributed by atoms with Gasteiger partial charge in [0, 0.05) is 18.6 Å². The van der Waals surface area contributed by atoms with E-state index in [-0.39, 0.29) is 22.2 Å². The molecule has 1 aromatic heterocycles. The van der Waals surface area contributed by atoms with Gasteiger partial charge >= 0.3 is 0 Å². The second kappa shape index (κ2) is 9.45. The highest BCUT2D eigenvalue weighted by atomic mass is 35.5. The summed E-state index contributed by atoms with van der Waals surface area (Å²) in [4.78, 5) is 4.04. The highest BCUT2D eigenvalue weighted by Crippen LogP contribution is 2.43. The maximum Gasteiger partial charge on any atom is 0.192 e. The van der Waals surface area contributed by atoms with Gasteiger partial charge < -0.3 is 25.6 Å². The third-order valence-electron chi connectivity index (χ3n) is 7.80. The minimum absolute atomic E-state index is 0.136. The van der Waals surface area contributed by atoms with E-state index in [1.165, 1.54) is 0 Å². The first-order valence-electron chi connectivity index (χ1n) is 11.6. The van der Waals surface area contributed by atoms with Crippen LogP contribution in [0.2, 0.25) is 41.3 Å². The highest BCUT2D eigenvalue weighted by molar-refractivity contribution is 6.74. The van der Waals surface area contributed by atoms with Gasteiger partial charge in [-0.15, -0.1) is 0 Å². The lowest BCUT2D eigenvalue weighted by Crippen LogP contribution is -2.46. The fraction of sp³-hybridized carbons (Fsp3) is 0.783. The molecular weight excluding hydrogens is 456 g/mol. The molecule has 0 bridgehead atoms. The van der Waals surface area contributed by atoms with E-state index in [0.29, 0.717) is 28.1 Å². The van der Waals surface area contributed by atoms with Crippen LogP contribution in [-0.4, -0.2) is 40.4 Å². The van der Waals surface area contributed by atoms with Gasteiger partial charge in [0.25, 0.3) is 0 Å². The standard InChI is InChI=1S/C23H45ClN4O2Si2/c1-22(2,3)31(7,8)29-14-15-11-16(12-18(15)30-32(9,10)23(4,5)6)28-20-17(24)13-27-21(26)19(20)25/h13,15-16,18H,11-12,14,25H2,1-10H3,(H3,26,27,28)/t15-,16+,18-/m0/s1. The molecule has 0 saturated heterocycles. The van der Waals surface area contributed by atoms with Gasteiger partial charge in [-0.1, -0.05) is 53.1 Å². The fourth-order valence-corrected chi connectivity index (χ4v) is 6.15. The molecule has 0 spiro atoms. The summed E-state index contributed by atoms with van der Waals surface area (Å²) < 4.78 is 13.6. The van der Waals surface area contributed by atoms with E-state index in [0.717, 1.165) is 19.4 Å². The lowest BCUT2D eigenvalue weighted by molar-refractivity contribution is 0.101. The van der Waals surface area contributed by atoms with E-state index in [1.54, 1.807) is 6.20 Å². The van der Waals surface area contributed by atoms with Crippen molar-refractivity contribution in [1.29, 1.82) is 0 Å². The number of nitrogens with one attached hydrogen (secondary N) is 1. The summed E-state index contributed by atoms with van der Waals surface area (Å²) in [6.45, 7) is 23.7. The summed E-state index contributed by atoms with van der Waals surface area (Å²) in [6, 6.07) is 0.180. The van der Waals surface area contributed by atoms with Gasteiger partial charge in [-0.25, -0.2) is 4.98 Å². The Hall–Kier alpha value is -0.806. The number of nitrogens with two attached hydrogens (primary N) is 2. The van der Waals surface area contributed by atoms with Crippen LogP contribution in [0.4, 0.5) is 17.2 Å². The Labute approximate surface area is 202 Å². The van der Waals surface area contributed by atoms with Gasteiger partial charge in [0.1, 0.15) is 5.82 Å². The lowest BCUT2D eigenvalue weighted by atomic mass is 10.1. The van der Waals surface area contributed by atoms with Crippen LogP contribution in [0.25, 0.3) is 0 Å². The van der Waals surface area contributed by atoms with Crippen LogP contribution in [0, 0.1) is 5.92 Å².